The van der Waals surface area contributed by atoms with E-state index in [0.29, 0.717) is 18.7 Å². The Hall–Kier alpha value is -2.40. The van der Waals surface area contributed by atoms with E-state index in [1.807, 2.05) is 46.8 Å². The minimum Gasteiger partial charge on any atom is -0.354 e. The molecule has 0 aliphatic heterocycles. The summed E-state index contributed by atoms with van der Waals surface area (Å²) in [6, 6.07) is 12.6. The molecule has 2 N–H and O–H groups in total. The number of hydrogen-bond donors (Lipinski definition) is 1. The molecule has 3 rings (SSSR count). The molecular weight excluding hydrogens is 267 g/mol. The Labute approximate surface area is 122 Å². The molecule has 0 spiro atoms. The van der Waals surface area contributed by atoms with Crippen LogP contribution in [0.5, 0.6) is 0 Å². The quantitative estimate of drug-likeness (QED) is 0.801. The van der Waals surface area contributed by atoms with Crippen LogP contribution in [0.2, 0.25) is 0 Å². The maximum Gasteiger partial charge on any atom is 0.152 e. The van der Waals surface area contributed by atoms with Gasteiger partial charge >= 0.3 is 0 Å². The van der Waals surface area contributed by atoms with Gasteiger partial charge in [-0.25, -0.2) is 9.37 Å². The topological polar surface area (TPSA) is 46.6 Å². The molecule has 0 bridgehead atoms. The van der Waals surface area contributed by atoms with E-state index in [0.717, 1.165) is 17.2 Å². The molecular formula is C16H17FN4. The number of nitrogens with zero attached hydrogens (tertiary/aromatic N) is 3. The van der Waals surface area contributed by atoms with Gasteiger partial charge in [-0.2, -0.15) is 0 Å². The average molecular weight is 284 g/mol. The SMILES string of the molecule is CN(Cc1ccccc1F)c1nc2ccccn2c1CN. The third kappa shape index (κ3) is 2.48. The zero-order valence-corrected chi connectivity index (χ0v) is 11.8. The van der Waals surface area contributed by atoms with Crippen molar-refractivity contribution in [3.63, 3.8) is 0 Å². The molecule has 2 heterocycles. The number of imidazole rings is 1. The molecule has 108 valence electrons. The number of aromatic nitrogens is 2. The summed E-state index contributed by atoms with van der Waals surface area (Å²) in [6.07, 6.45) is 1.94. The van der Waals surface area contributed by atoms with Gasteiger partial charge in [0.05, 0.1) is 5.69 Å². The highest BCUT2D eigenvalue weighted by molar-refractivity contribution is 5.55. The first-order valence-corrected chi connectivity index (χ1v) is 6.81. The fraction of sp³-hybridized carbons (Fsp3) is 0.188. The number of rotatable bonds is 4. The Bertz CT molecular complexity index is 766. The van der Waals surface area contributed by atoms with Crippen molar-refractivity contribution >= 4 is 11.5 Å². The fourth-order valence-corrected chi connectivity index (χ4v) is 2.49. The zero-order valence-electron chi connectivity index (χ0n) is 11.8. The minimum atomic E-state index is -0.206. The predicted molar refractivity (Wildman–Crippen MR) is 81.6 cm³/mol. The summed E-state index contributed by atoms with van der Waals surface area (Å²) in [5, 5.41) is 0. The standard InChI is InChI=1S/C16H17FN4/c1-20(11-12-6-2-3-7-13(12)17)16-14(10-18)21-9-5-4-8-15(21)19-16/h2-9H,10-11,18H2,1H3. The van der Waals surface area contributed by atoms with Crippen molar-refractivity contribution in [2.75, 3.05) is 11.9 Å². The number of benzene rings is 1. The van der Waals surface area contributed by atoms with Crippen LogP contribution in [0.1, 0.15) is 11.3 Å². The second kappa shape index (κ2) is 5.54. The number of hydrogen-bond acceptors (Lipinski definition) is 3. The van der Waals surface area contributed by atoms with Crippen LogP contribution in [-0.2, 0) is 13.1 Å². The molecule has 0 fully saturated rings. The number of halogens is 1. The molecule has 0 saturated heterocycles. The highest BCUT2D eigenvalue weighted by Crippen LogP contribution is 2.22. The van der Waals surface area contributed by atoms with Crippen LogP contribution >= 0.6 is 0 Å². The second-order valence-corrected chi connectivity index (χ2v) is 4.96. The first-order chi connectivity index (χ1) is 10.2. The van der Waals surface area contributed by atoms with Crippen molar-refractivity contribution in [1.82, 2.24) is 9.38 Å². The van der Waals surface area contributed by atoms with Gasteiger partial charge in [0.2, 0.25) is 0 Å². The van der Waals surface area contributed by atoms with E-state index in [9.17, 15) is 4.39 Å². The van der Waals surface area contributed by atoms with Gasteiger partial charge in [0, 0.05) is 31.9 Å². The third-order valence-electron chi connectivity index (χ3n) is 3.53. The Morgan fingerprint density at radius 2 is 1.95 bits per heavy atom. The minimum absolute atomic E-state index is 0.206. The summed E-state index contributed by atoms with van der Waals surface area (Å²) in [6.45, 7) is 0.825. The smallest absolute Gasteiger partial charge is 0.152 e. The van der Waals surface area contributed by atoms with Gasteiger partial charge in [-0.05, 0) is 18.2 Å². The first kappa shape index (κ1) is 13.6. The van der Waals surface area contributed by atoms with Crippen molar-refractivity contribution in [2.45, 2.75) is 13.1 Å². The van der Waals surface area contributed by atoms with Crippen LogP contribution in [0.4, 0.5) is 10.2 Å². The van der Waals surface area contributed by atoms with E-state index in [-0.39, 0.29) is 5.82 Å². The van der Waals surface area contributed by atoms with Gasteiger partial charge in [-0.3, -0.25) is 0 Å². The summed E-state index contributed by atoms with van der Waals surface area (Å²) in [5.74, 6) is 0.578. The van der Waals surface area contributed by atoms with Crippen LogP contribution in [-0.4, -0.2) is 16.4 Å². The highest BCUT2D eigenvalue weighted by Gasteiger charge is 2.15. The zero-order chi connectivity index (χ0) is 14.8. The molecule has 1 aromatic carbocycles. The monoisotopic (exact) mass is 284 g/mol. The Morgan fingerprint density at radius 1 is 1.19 bits per heavy atom. The van der Waals surface area contributed by atoms with E-state index in [1.54, 1.807) is 12.1 Å². The molecule has 5 heteroatoms. The van der Waals surface area contributed by atoms with Crippen LogP contribution < -0.4 is 10.6 Å². The Balaban J connectivity index is 1.98. The summed E-state index contributed by atoms with van der Waals surface area (Å²) in [7, 11) is 1.90. The van der Waals surface area contributed by atoms with Gasteiger partial charge in [-0.1, -0.05) is 24.3 Å². The number of fused-ring (bicyclic) bond motifs is 1. The fourth-order valence-electron chi connectivity index (χ4n) is 2.49. The van der Waals surface area contributed by atoms with Crippen LogP contribution in [0, 0.1) is 5.82 Å². The largest absolute Gasteiger partial charge is 0.354 e. The third-order valence-corrected chi connectivity index (χ3v) is 3.53. The van der Waals surface area contributed by atoms with Crippen molar-refractivity contribution < 1.29 is 4.39 Å². The van der Waals surface area contributed by atoms with Gasteiger partial charge in [0.15, 0.2) is 5.82 Å². The molecule has 0 unspecified atom stereocenters. The Morgan fingerprint density at radius 3 is 2.71 bits per heavy atom. The van der Waals surface area contributed by atoms with E-state index in [2.05, 4.69) is 4.98 Å². The van der Waals surface area contributed by atoms with Crippen LogP contribution in [0.3, 0.4) is 0 Å². The molecule has 0 atom stereocenters. The van der Waals surface area contributed by atoms with Crippen molar-refractivity contribution in [3.8, 4) is 0 Å². The molecule has 0 aliphatic rings. The van der Waals surface area contributed by atoms with E-state index >= 15 is 0 Å². The second-order valence-electron chi connectivity index (χ2n) is 4.96. The summed E-state index contributed by atoms with van der Waals surface area (Å²) in [5.41, 5.74) is 8.26. The number of anilines is 1. The lowest BCUT2D eigenvalue weighted by atomic mass is 10.2. The normalized spacial score (nSPS) is 11.0. The van der Waals surface area contributed by atoms with Crippen molar-refractivity contribution in [2.24, 2.45) is 5.73 Å². The van der Waals surface area contributed by atoms with E-state index in [4.69, 9.17) is 5.73 Å². The molecule has 0 aliphatic carbocycles. The highest BCUT2D eigenvalue weighted by atomic mass is 19.1. The van der Waals surface area contributed by atoms with Crippen LogP contribution in [0.15, 0.2) is 48.7 Å². The lowest BCUT2D eigenvalue weighted by Gasteiger charge is -2.18. The molecule has 21 heavy (non-hydrogen) atoms. The molecule has 2 aromatic heterocycles. The van der Waals surface area contributed by atoms with E-state index < -0.39 is 0 Å². The summed E-state index contributed by atoms with van der Waals surface area (Å²) in [4.78, 5) is 6.52. The average Bonchev–Trinajstić information content (AvgIpc) is 2.88. The van der Waals surface area contributed by atoms with Gasteiger partial charge in [-0.15, -0.1) is 0 Å². The number of pyridine rings is 1. The van der Waals surface area contributed by atoms with Gasteiger partial charge in [0.25, 0.3) is 0 Å². The molecule has 4 nitrogen and oxygen atoms in total. The summed E-state index contributed by atoms with van der Waals surface area (Å²) < 4.78 is 15.7. The number of nitrogens with two attached hydrogens (primary N) is 1. The van der Waals surface area contributed by atoms with Gasteiger partial charge < -0.3 is 15.0 Å². The van der Waals surface area contributed by atoms with Crippen molar-refractivity contribution in [3.05, 3.63) is 65.7 Å². The van der Waals surface area contributed by atoms with Crippen molar-refractivity contribution in [1.29, 1.82) is 0 Å². The summed E-state index contributed by atoms with van der Waals surface area (Å²) >= 11 is 0. The first-order valence-electron chi connectivity index (χ1n) is 6.81. The van der Waals surface area contributed by atoms with Crippen LogP contribution in [0.25, 0.3) is 5.65 Å². The Kier molecular flexibility index (Phi) is 3.58. The lowest BCUT2D eigenvalue weighted by molar-refractivity contribution is 0.607. The maximum atomic E-state index is 13.8. The molecule has 0 amide bonds. The van der Waals surface area contributed by atoms with E-state index in [1.165, 1.54) is 6.07 Å². The maximum absolute atomic E-state index is 13.8. The molecule has 0 saturated carbocycles. The predicted octanol–water partition coefficient (Wildman–Crippen LogP) is 2.57. The lowest BCUT2D eigenvalue weighted by Crippen LogP contribution is -2.20. The van der Waals surface area contributed by atoms with Gasteiger partial charge in [0.1, 0.15) is 11.5 Å². The molecule has 3 aromatic rings. The molecule has 0 radical (unpaired) electrons.